The van der Waals surface area contributed by atoms with Gasteiger partial charge in [-0.3, -0.25) is 14.4 Å². The van der Waals surface area contributed by atoms with Gasteiger partial charge >= 0.3 is 17.9 Å². The molecule has 0 saturated carbocycles. The molecule has 0 spiro atoms. The number of esters is 3. The number of allylic oxidation sites excluding steroid dienone is 10. The lowest BCUT2D eigenvalue weighted by Crippen LogP contribution is -2.30. The molecule has 0 aromatic rings. The number of unbranched alkanes of at least 4 members (excludes halogenated alkanes) is 47. The van der Waals surface area contributed by atoms with Crippen molar-refractivity contribution in [2.24, 2.45) is 0 Å². The standard InChI is InChI=1S/C77H140O6/c1-4-7-10-13-16-19-22-25-28-30-32-33-34-35-36-37-38-39-40-41-42-43-44-45-46-48-49-52-55-58-61-64-67-70-76(79)82-73-74(72-81-75(78)69-66-63-60-57-54-51-27-24-21-18-15-12-9-6-3)83-77(80)71-68-65-62-59-56-53-50-47-31-29-26-23-20-17-14-11-8-5-2/h20,22-25,27,29-32,74H,4-19,21,26,28,33-73H2,1-3H3/b23-20-,25-22-,27-24-,31-29-,32-30-. The maximum Gasteiger partial charge on any atom is 0.306 e. The van der Waals surface area contributed by atoms with Crippen LogP contribution in [0, 0.1) is 0 Å². The molecule has 0 aromatic carbocycles. The van der Waals surface area contributed by atoms with Crippen LogP contribution in [0.5, 0.6) is 0 Å². The van der Waals surface area contributed by atoms with Gasteiger partial charge in [-0.1, -0.05) is 326 Å². The molecule has 0 aliphatic carbocycles. The van der Waals surface area contributed by atoms with E-state index in [1.165, 1.54) is 270 Å². The number of carbonyl (C=O) groups excluding carboxylic acids is 3. The Labute approximate surface area is 517 Å². The third-order valence-corrected chi connectivity index (χ3v) is 16.5. The van der Waals surface area contributed by atoms with Crippen LogP contribution in [0.4, 0.5) is 0 Å². The van der Waals surface area contributed by atoms with Crippen molar-refractivity contribution in [1.82, 2.24) is 0 Å². The van der Waals surface area contributed by atoms with Gasteiger partial charge in [-0.05, 0) is 109 Å². The predicted molar refractivity (Wildman–Crippen MR) is 362 cm³/mol. The third-order valence-electron chi connectivity index (χ3n) is 16.5. The number of rotatable bonds is 68. The molecule has 1 atom stereocenters. The summed E-state index contributed by atoms with van der Waals surface area (Å²) in [4.78, 5) is 38.4. The summed E-state index contributed by atoms with van der Waals surface area (Å²) >= 11 is 0. The van der Waals surface area contributed by atoms with E-state index in [4.69, 9.17) is 14.2 Å². The van der Waals surface area contributed by atoms with Gasteiger partial charge in [-0.2, -0.15) is 0 Å². The zero-order valence-corrected chi connectivity index (χ0v) is 55.7. The summed E-state index contributed by atoms with van der Waals surface area (Å²) in [6, 6.07) is 0. The molecule has 0 aromatic heterocycles. The van der Waals surface area contributed by atoms with E-state index >= 15 is 0 Å². The predicted octanol–water partition coefficient (Wildman–Crippen LogP) is 25.5. The van der Waals surface area contributed by atoms with Crippen molar-refractivity contribution in [1.29, 1.82) is 0 Å². The first-order chi connectivity index (χ1) is 41.0. The molecule has 0 saturated heterocycles. The van der Waals surface area contributed by atoms with Gasteiger partial charge in [0.1, 0.15) is 13.2 Å². The molecule has 0 fully saturated rings. The van der Waals surface area contributed by atoms with E-state index in [9.17, 15) is 14.4 Å². The third kappa shape index (κ3) is 69.8. The SMILES string of the molecule is CCCCCC/C=C\C/C=C\CCCCCCCCCC(=O)OC(COC(=O)CCCCCCC/C=C\CCCCCCC)COC(=O)CCCCCCCCCCCCCCCCCCCCCCC/C=C\C/C=C\CCCCCCC. The summed E-state index contributed by atoms with van der Waals surface area (Å²) in [5.74, 6) is -0.869. The highest BCUT2D eigenvalue weighted by molar-refractivity contribution is 5.71. The molecule has 0 aliphatic heterocycles. The van der Waals surface area contributed by atoms with Gasteiger partial charge in [0.25, 0.3) is 0 Å². The largest absolute Gasteiger partial charge is 0.462 e. The minimum atomic E-state index is -0.781. The van der Waals surface area contributed by atoms with Crippen molar-refractivity contribution >= 4 is 17.9 Å². The molecule has 0 aliphatic rings. The van der Waals surface area contributed by atoms with E-state index in [2.05, 4.69) is 81.5 Å². The lowest BCUT2D eigenvalue weighted by molar-refractivity contribution is -0.167. The average molecular weight is 1160 g/mol. The monoisotopic (exact) mass is 1160 g/mol. The molecular weight excluding hydrogens is 1020 g/mol. The zero-order valence-electron chi connectivity index (χ0n) is 55.7. The van der Waals surface area contributed by atoms with Gasteiger partial charge in [0, 0.05) is 19.3 Å². The first-order valence-electron chi connectivity index (χ1n) is 36.8. The molecule has 0 N–H and O–H groups in total. The smallest absolute Gasteiger partial charge is 0.306 e. The minimum Gasteiger partial charge on any atom is -0.462 e. The molecule has 6 nitrogen and oxygen atoms in total. The van der Waals surface area contributed by atoms with Crippen LogP contribution in [0.1, 0.15) is 393 Å². The van der Waals surface area contributed by atoms with E-state index in [0.717, 1.165) is 83.5 Å². The van der Waals surface area contributed by atoms with Crippen LogP contribution >= 0.6 is 0 Å². The van der Waals surface area contributed by atoms with E-state index < -0.39 is 6.10 Å². The fraction of sp³-hybridized carbons (Fsp3) is 0.831. The molecule has 6 heteroatoms. The van der Waals surface area contributed by atoms with Gasteiger partial charge < -0.3 is 14.2 Å². The van der Waals surface area contributed by atoms with Crippen molar-refractivity contribution in [2.45, 2.75) is 399 Å². The molecule has 0 rings (SSSR count). The number of hydrogen-bond donors (Lipinski definition) is 0. The van der Waals surface area contributed by atoms with Crippen LogP contribution in [-0.4, -0.2) is 37.2 Å². The second kappa shape index (κ2) is 71.6. The van der Waals surface area contributed by atoms with Crippen molar-refractivity contribution in [3.05, 3.63) is 60.8 Å². The van der Waals surface area contributed by atoms with Gasteiger partial charge in [-0.15, -0.1) is 0 Å². The van der Waals surface area contributed by atoms with Crippen LogP contribution in [0.3, 0.4) is 0 Å². The molecule has 0 radical (unpaired) electrons. The summed E-state index contributed by atoms with van der Waals surface area (Å²) in [7, 11) is 0. The van der Waals surface area contributed by atoms with E-state index in [0.29, 0.717) is 19.3 Å². The molecule has 0 amide bonds. The molecular formula is C77H140O6. The topological polar surface area (TPSA) is 78.9 Å². The Balaban J connectivity index is 4.16. The number of ether oxygens (including phenoxy) is 3. The molecule has 1 unspecified atom stereocenters. The highest BCUT2D eigenvalue weighted by Gasteiger charge is 2.19. The van der Waals surface area contributed by atoms with Crippen molar-refractivity contribution in [3.63, 3.8) is 0 Å². The van der Waals surface area contributed by atoms with Crippen molar-refractivity contribution < 1.29 is 28.6 Å². The second-order valence-electron chi connectivity index (χ2n) is 24.8. The zero-order chi connectivity index (χ0) is 59.9. The Morgan fingerprint density at radius 2 is 0.434 bits per heavy atom. The first kappa shape index (κ1) is 80.1. The van der Waals surface area contributed by atoms with Gasteiger partial charge in [0.15, 0.2) is 6.10 Å². The Morgan fingerprint density at radius 1 is 0.241 bits per heavy atom. The maximum atomic E-state index is 12.9. The van der Waals surface area contributed by atoms with Gasteiger partial charge in [0.05, 0.1) is 0 Å². The Morgan fingerprint density at radius 3 is 0.687 bits per heavy atom. The normalized spacial score (nSPS) is 12.4. The van der Waals surface area contributed by atoms with E-state index in [1.807, 2.05) is 0 Å². The first-order valence-corrected chi connectivity index (χ1v) is 36.8. The quantitative estimate of drug-likeness (QED) is 0.0261. The van der Waals surface area contributed by atoms with Gasteiger partial charge in [0.2, 0.25) is 0 Å². The number of hydrogen-bond acceptors (Lipinski definition) is 6. The Kier molecular flexibility index (Phi) is 69.1. The van der Waals surface area contributed by atoms with Gasteiger partial charge in [-0.25, -0.2) is 0 Å². The Hall–Kier alpha value is -2.89. The molecule has 484 valence electrons. The summed E-state index contributed by atoms with van der Waals surface area (Å²) in [5, 5.41) is 0. The summed E-state index contributed by atoms with van der Waals surface area (Å²) in [5.41, 5.74) is 0. The molecule has 0 heterocycles. The van der Waals surface area contributed by atoms with Crippen LogP contribution in [0.15, 0.2) is 60.8 Å². The Bertz CT molecular complexity index is 1470. The van der Waals surface area contributed by atoms with Crippen LogP contribution < -0.4 is 0 Å². The average Bonchev–Trinajstić information content (AvgIpc) is 3.49. The van der Waals surface area contributed by atoms with E-state index in [1.54, 1.807) is 0 Å². The van der Waals surface area contributed by atoms with E-state index in [-0.39, 0.29) is 31.1 Å². The summed E-state index contributed by atoms with van der Waals surface area (Å²) in [6.45, 7) is 6.65. The van der Waals surface area contributed by atoms with Crippen molar-refractivity contribution in [3.8, 4) is 0 Å². The minimum absolute atomic E-state index is 0.0760. The fourth-order valence-corrected chi connectivity index (χ4v) is 10.9. The summed E-state index contributed by atoms with van der Waals surface area (Å²) < 4.78 is 17.0. The highest BCUT2D eigenvalue weighted by Crippen LogP contribution is 2.18. The molecule has 0 bridgehead atoms. The second-order valence-corrected chi connectivity index (χ2v) is 24.8. The van der Waals surface area contributed by atoms with Crippen LogP contribution in [-0.2, 0) is 28.6 Å². The highest BCUT2D eigenvalue weighted by atomic mass is 16.6. The molecule has 83 heavy (non-hydrogen) atoms. The number of carbonyl (C=O) groups is 3. The van der Waals surface area contributed by atoms with Crippen molar-refractivity contribution in [2.75, 3.05) is 13.2 Å². The van der Waals surface area contributed by atoms with Crippen LogP contribution in [0.2, 0.25) is 0 Å². The maximum absolute atomic E-state index is 12.9. The van der Waals surface area contributed by atoms with Crippen LogP contribution in [0.25, 0.3) is 0 Å². The summed E-state index contributed by atoms with van der Waals surface area (Å²) in [6.07, 6.45) is 92.7. The lowest BCUT2D eigenvalue weighted by Gasteiger charge is -2.18. The fourth-order valence-electron chi connectivity index (χ4n) is 10.9. The lowest BCUT2D eigenvalue weighted by atomic mass is 10.0.